The van der Waals surface area contributed by atoms with Crippen LogP contribution in [-0.2, 0) is 0 Å². The zero-order chi connectivity index (χ0) is 5.98. The average Bonchev–Trinajstić information content (AvgIpc) is 1.77. The third-order valence-electron chi connectivity index (χ3n) is 1.63. The summed E-state index contributed by atoms with van der Waals surface area (Å²) < 4.78 is 0. The maximum atomic E-state index is 4.34. The lowest BCUT2D eigenvalue weighted by Gasteiger charge is -2.23. The zero-order valence-electron chi connectivity index (χ0n) is 5.22. The van der Waals surface area contributed by atoms with Gasteiger partial charge in [-0.05, 0) is 19.8 Å². The third kappa shape index (κ3) is 1.67. The van der Waals surface area contributed by atoms with Crippen LogP contribution in [0.2, 0.25) is 0 Å². The number of piperidine rings is 1. The van der Waals surface area contributed by atoms with Crippen molar-refractivity contribution >= 4 is 12.6 Å². The van der Waals surface area contributed by atoms with Crippen LogP contribution in [0.4, 0.5) is 0 Å². The Labute approximate surface area is 56.3 Å². The first-order chi connectivity index (χ1) is 3.79. The Balaban J connectivity index is 2.19. The van der Waals surface area contributed by atoms with E-state index in [9.17, 15) is 0 Å². The minimum atomic E-state index is 0.603. The Morgan fingerprint density at radius 3 is 2.62 bits per heavy atom. The zero-order valence-corrected chi connectivity index (χ0v) is 6.12. The molecule has 1 nitrogen and oxygen atoms in total. The molecule has 1 heterocycles. The summed E-state index contributed by atoms with van der Waals surface area (Å²) in [5.41, 5.74) is 0. The fourth-order valence-electron chi connectivity index (χ4n) is 0.984. The molecule has 1 N–H and O–H groups in total. The summed E-state index contributed by atoms with van der Waals surface area (Å²) in [7, 11) is 0. The maximum Gasteiger partial charge on any atom is 0.0142 e. The number of rotatable bonds is 0. The summed E-state index contributed by atoms with van der Waals surface area (Å²) in [6, 6.07) is 0.721. The second-order valence-electron chi connectivity index (χ2n) is 2.54. The van der Waals surface area contributed by atoms with Gasteiger partial charge in [-0.25, -0.2) is 0 Å². The largest absolute Gasteiger partial charge is 0.313 e. The fourth-order valence-corrected chi connectivity index (χ4v) is 1.24. The van der Waals surface area contributed by atoms with E-state index in [1.54, 1.807) is 0 Å². The maximum absolute atomic E-state index is 4.34. The van der Waals surface area contributed by atoms with E-state index in [-0.39, 0.29) is 0 Å². The first kappa shape index (κ1) is 6.43. The predicted molar refractivity (Wildman–Crippen MR) is 39.5 cm³/mol. The Kier molecular flexibility index (Phi) is 2.20. The molecule has 1 fully saturated rings. The van der Waals surface area contributed by atoms with Gasteiger partial charge < -0.3 is 5.32 Å². The van der Waals surface area contributed by atoms with E-state index in [2.05, 4.69) is 24.9 Å². The van der Waals surface area contributed by atoms with E-state index in [0.717, 1.165) is 12.6 Å². The van der Waals surface area contributed by atoms with Crippen molar-refractivity contribution in [2.45, 2.75) is 31.1 Å². The minimum Gasteiger partial charge on any atom is -0.313 e. The van der Waals surface area contributed by atoms with E-state index in [1.807, 2.05) is 0 Å². The normalized spacial score (nSPS) is 39.8. The van der Waals surface area contributed by atoms with Crippen LogP contribution in [-0.4, -0.2) is 17.8 Å². The van der Waals surface area contributed by atoms with E-state index < -0.39 is 0 Å². The van der Waals surface area contributed by atoms with Gasteiger partial charge in [0.2, 0.25) is 0 Å². The van der Waals surface area contributed by atoms with Crippen LogP contribution in [0.5, 0.6) is 0 Å². The Bertz CT molecular complexity index is 56.9. The van der Waals surface area contributed by atoms with Crippen molar-refractivity contribution in [3.8, 4) is 0 Å². The van der Waals surface area contributed by atoms with Crippen LogP contribution >= 0.6 is 12.6 Å². The van der Waals surface area contributed by atoms with Crippen LogP contribution in [0, 0.1) is 0 Å². The first-order valence-electron chi connectivity index (χ1n) is 3.20. The number of hydrogen-bond acceptors (Lipinski definition) is 2. The summed E-state index contributed by atoms with van der Waals surface area (Å²) in [6.07, 6.45) is 2.56. The standard InChI is InChI=1S/C6H13NS/c1-5-2-3-6(8)4-7-5/h5-8H,2-4H2,1H3. The van der Waals surface area contributed by atoms with Gasteiger partial charge in [0, 0.05) is 17.8 Å². The highest BCUT2D eigenvalue weighted by molar-refractivity contribution is 7.81. The van der Waals surface area contributed by atoms with Crippen LogP contribution in [0.25, 0.3) is 0 Å². The molecule has 2 atom stereocenters. The van der Waals surface area contributed by atoms with Crippen LogP contribution in [0.3, 0.4) is 0 Å². The van der Waals surface area contributed by atoms with Gasteiger partial charge in [-0.2, -0.15) is 12.6 Å². The van der Waals surface area contributed by atoms with Crippen molar-refractivity contribution in [3.63, 3.8) is 0 Å². The summed E-state index contributed by atoms with van der Waals surface area (Å²) in [5.74, 6) is 0. The predicted octanol–water partition coefficient (Wildman–Crippen LogP) is 1.06. The Morgan fingerprint density at radius 1 is 1.50 bits per heavy atom. The molecule has 0 aromatic rings. The van der Waals surface area contributed by atoms with Gasteiger partial charge in [0.1, 0.15) is 0 Å². The quantitative estimate of drug-likeness (QED) is 0.468. The molecule has 1 rings (SSSR count). The molecule has 0 spiro atoms. The lowest BCUT2D eigenvalue weighted by Crippen LogP contribution is -2.37. The molecule has 0 saturated carbocycles. The van der Waals surface area contributed by atoms with E-state index in [0.29, 0.717) is 5.25 Å². The van der Waals surface area contributed by atoms with Crippen molar-refractivity contribution in [2.75, 3.05) is 6.54 Å². The molecule has 0 aromatic heterocycles. The second-order valence-corrected chi connectivity index (χ2v) is 3.27. The average molecular weight is 131 g/mol. The summed E-state index contributed by atoms with van der Waals surface area (Å²) in [4.78, 5) is 0. The SMILES string of the molecule is CC1CCC(S)CN1. The molecule has 1 saturated heterocycles. The van der Waals surface area contributed by atoms with Crippen molar-refractivity contribution in [1.29, 1.82) is 0 Å². The van der Waals surface area contributed by atoms with Gasteiger partial charge in [0.15, 0.2) is 0 Å². The summed E-state index contributed by atoms with van der Waals surface area (Å²) in [6.45, 7) is 3.31. The number of hydrogen-bond donors (Lipinski definition) is 2. The minimum absolute atomic E-state index is 0.603. The molecule has 0 amide bonds. The van der Waals surface area contributed by atoms with Gasteiger partial charge in [-0.15, -0.1) is 0 Å². The van der Waals surface area contributed by atoms with E-state index in [4.69, 9.17) is 0 Å². The molecule has 0 radical (unpaired) electrons. The van der Waals surface area contributed by atoms with Gasteiger partial charge in [-0.3, -0.25) is 0 Å². The van der Waals surface area contributed by atoms with Crippen LogP contribution in [0.1, 0.15) is 19.8 Å². The van der Waals surface area contributed by atoms with Crippen molar-refractivity contribution in [2.24, 2.45) is 0 Å². The molecule has 48 valence electrons. The third-order valence-corrected chi connectivity index (χ3v) is 2.08. The van der Waals surface area contributed by atoms with Crippen LogP contribution < -0.4 is 5.32 Å². The highest BCUT2D eigenvalue weighted by Gasteiger charge is 2.12. The molecule has 0 bridgehead atoms. The summed E-state index contributed by atoms with van der Waals surface area (Å²) in [5, 5.41) is 3.96. The molecule has 2 heteroatoms. The highest BCUT2D eigenvalue weighted by Crippen LogP contribution is 2.11. The number of nitrogens with one attached hydrogen (secondary N) is 1. The topological polar surface area (TPSA) is 12.0 Å². The first-order valence-corrected chi connectivity index (χ1v) is 3.72. The highest BCUT2D eigenvalue weighted by atomic mass is 32.1. The van der Waals surface area contributed by atoms with Gasteiger partial charge in [0.25, 0.3) is 0 Å². The van der Waals surface area contributed by atoms with Gasteiger partial charge in [-0.1, -0.05) is 0 Å². The molecular weight excluding hydrogens is 118 g/mol. The molecule has 1 aliphatic rings. The van der Waals surface area contributed by atoms with E-state index in [1.165, 1.54) is 12.8 Å². The molecule has 0 aromatic carbocycles. The van der Waals surface area contributed by atoms with Crippen molar-refractivity contribution < 1.29 is 0 Å². The fraction of sp³-hybridized carbons (Fsp3) is 1.00. The van der Waals surface area contributed by atoms with Crippen molar-refractivity contribution in [1.82, 2.24) is 5.32 Å². The monoisotopic (exact) mass is 131 g/mol. The van der Waals surface area contributed by atoms with Gasteiger partial charge >= 0.3 is 0 Å². The lowest BCUT2D eigenvalue weighted by atomic mass is 10.1. The smallest absolute Gasteiger partial charge is 0.0142 e. The van der Waals surface area contributed by atoms with Gasteiger partial charge in [0.05, 0.1) is 0 Å². The lowest BCUT2D eigenvalue weighted by molar-refractivity contribution is 0.434. The summed E-state index contributed by atoms with van der Waals surface area (Å²) >= 11 is 4.34. The number of thiol groups is 1. The molecular formula is C6H13NS. The Hall–Kier alpha value is 0.310. The Morgan fingerprint density at radius 2 is 2.25 bits per heavy atom. The molecule has 0 aliphatic carbocycles. The van der Waals surface area contributed by atoms with E-state index >= 15 is 0 Å². The molecule has 2 unspecified atom stereocenters. The molecule has 1 aliphatic heterocycles. The molecule has 8 heavy (non-hydrogen) atoms. The second kappa shape index (κ2) is 2.74. The van der Waals surface area contributed by atoms with Crippen molar-refractivity contribution in [3.05, 3.63) is 0 Å². The van der Waals surface area contributed by atoms with Crippen LogP contribution in [0.15, 0.2) is 0 Å².